The lowest BCUT2D eigenvalue weighted by Crippen LogP contribution is -2.29. The van der Waals surface area contributed by atoms with Gasteiger partial charge in [0.15, 0.2) is 0 Å². The van der Waals surface area contributed by atoms with Gasteiger partial charge in [0.25, 0.3) is 0 Å². The molecule has 116 valence electrons. The van der Waals surface area contributed by atoms with Crippen LogP contribution in [0, 0.1) is 6.92 Å². The second kappa shape index (κ2) is 6.35. The minimum atomic E-state index is -4.19. The van der Waals surface area contributed by atoms with Crippen LogP contribution in [-0.4, -0.2) is 26.7 Å². The van der Waals surface area contributed by atoms with Crippen LogP contribution in [0.5, 0.6) is 0 Å². The summed E-state index contributed by atoms with van der Waals surface area (Å²) in [6, 6.07) is 0. The average molecular weight is 313 g/mol. The van der Waals surface area contributed by atoms with Crippen LogP contribution in [0.1, 0.15) is 44.5 Å². The minimum Gasteiger partial charge on any atom is -0.390 e. The van der Waals surface area contributed by atoms with Gasteiger partial charge in [-0.05, 0) is 33.6 Å². The van der Waals surface area contributed by atoms with E-state index in [0.717, 1.165) is 0 Å². The van der Waals surface area contributed by atoms with Crippen molar-refractivity contribution in [2.75, 3.05) is 0 Å². The van der Waals surface area contributed by atoms with Crippen LogP contribution in [0.15, 0.2) is 0 Å². The van der Waals surface area contributed by atoms with Crippen molar-refractivity contribution in [2.45, 2.75) is 64.8 Å². The van der Waals surface area contributed by atoms with E-state index in [1.807, 2.05) is 6.92 Å². The van der Waals surface area contributed by atoms with Gasteiger partial charge in [-0.1, -0.05) is 11.6 Å². The normalized spacial score (nSPS) is 15.4. The van der Waals surface area contributed by atoms with Crippen molar-refractivity contribution in [1.29, 1.82) is 0 Å². The molecule has 0 aliphatic heterocycles. The SMILES string of the molecule is CCn1nc(C)c(Cl)c1CC(C)(O)CCCC(F)(F)F. The molecule has 0 aliphatic carbocycles. The Morgan fingerprint density at radius 1 is 1.30 bits per heavy atom. The molecule has 7 heteroatoms. The molecule has 0 amide bonds. The van der Waals surface area contributed by atoms with Gasteiger partial charge in [0.2, 0.25) is 0 Å². The summed E-state index contributed by atoms with van der Waals surface area (Å²) in [6.45, 7) is 5.78. The zero-order valence-electron chi connectivity index (χ0n) is 11.9. The zero-order chi connectivity index (χ0) is 15.6. The predicted octanol–water partition coefficient (Wildman–Crippen LogP) is 3.89. The summed E-state index contributed by atoms with van der Waals surface area (Å²) in [5.41, 5.74) is 0.104. The number of nitrogens with zero attached hydrogens (tertiary/aromatic N) is 2. The fourth-order valence-corrected chi connectivity index (χ4v) is 2.36. The standard InChI is InChI=1S/C13H20ClF3N2O/c1-4-19-10(11(14)9(2)18-19)8-12(3,20)6-5-7-13(15,16)17/h20H,4-8H2,1-3H3. The largest absolute Gasteiger partial charge is 0.390 e. The van der Waals surface area contributed by atoms with Crippen LogP contribution in [0.2, 0.25) is 5.02 Å². The molecule has 1 atom stereocenters. The summed E-state index contributed by atoms with van der Waals surface area (Å²) in [5.74, 6) is 0. The molecule has 1 aromatic rings. The van der Waals surface area contributed by atoms with Gasteiger partial charge in [-0.3, -0.25) is 4.68 Å². The summed E-state index contributed by atoms with van der Waals surface area (Å²) < 4.78 is 38.1. The van der Waals surface area contributed by atoms with Crippen molar-refractivity contribution in [1.82, 2.24) is 9.78 Å². The summed E-state index contributed by atoms with van der Waals surface area (Å²) in [4.78, 5) is 0. The number of halogens is 4. The summed E-state index contributed by atoms with van der Waals surface area (Å²) in [7, 11) is 0. The number of hydrogen-bond acceptors (Lipinski definition) is 2. The van der Waals surface area contributed by atoms with Crippen LogP contribution < -0.4 is 0 Å². The van der Waals surface area contributed by atoms with E-state index in [0.29, 0.717) is 23.0 Å². The van der Waals surface area contributed by atoms with E-state index in [9.17, 15) is 18.3 Å². The highest BCUT2D eigenvalue weighted by molar-refractivity contribution is 6.31. The van der Waals surface area contributed by atoms with Crippen molar-refractivity contribution in [3.63, 3.8) is 0 Å². The number of aryl methyl sites for hydroxylation is 2. The number of aromatic nitrogens is 2. The van der Waals surface area contributed by atoms with Gasteiger partial charge in [0.1, 0.15) is 0 Å². The molecule has 1 aromatic heterocycles. The van der Waals surface area contributed by atoms with Crippen LogP contribution >= 0.6 is 11.6 Å². The first kappa shape index (κ1) is 17.3. The number of alkyl halides is 3. The highest BCUT2D eigenvalue weighted by Crippen LogP contribution is 2.29. The Morgan fingerprint density at radius 2 is 1.90 bits per heavy atom. The Labute approximate surface area is 121 Å². The molecule has 0 fully saturated rings. The monoisotopic (exact) mass is 312 g/mol. The van der Waals surface area contributed by atoms with Crippen molar-refractivity contribution in [2.24, 2.45) is 0 Å². The summed E-state index contributed by atoms with van der Waals surface area (Å²) >= 11 is 6.13. The zero-order valence-corrected chi connectivity index (χ0v) is 12.6. The number of hydrogen-bond donors (Lipinski definition) is 1. The van der Waals surface area contributed by atoms with Crippen LogP contribution in [-0.2, 0) is 13.0 Å². The average Bonchev–Trinajstić information content (AvgIpc) is 2.54. The Hall–Kier alpha value is -0.750. The molecule has 3 nitrogen and oxygen atoms in total. The quantitative estimate of drug-likeness (QED) is 0.865. The molecule has 0 spiro atoms. The Morgan fingerprint density at radius 3 is 2.40 bits per heavy atom. The highest BCUT2D eigenvalue weighted by atomic mass is 35.5. The van der Waals surface area contributed by atoms with Crippen molar-refractivity contribution >= 4 is 11.6 Å². The molecule has 0 aliphatic rings. The molecule has 1 rings (SSSR count). The van der Waals surface area contributed by atoms with E-state index in [1.165, 1.54) is 6.92 Å². The maximum absolute atomic E-state index is 12.1. The van der Waals surface area contributed by atoms with Gasteiger partial charge in [-0.25, -0.2) is 0 Å². The smallest absolute Gasteiger partial charge is 0.389 e. The van der Waals surface area contributed by atoms with E-state index in [2.05, 4.69) is 5.10 Å². The molecule has 20 heavy (non-hydrogen) atoms. The van der Waals surface area contributed by atoms with E-state index in [-0.39, 0.29) is 19.3 Å². The Balaban J connectivity index is 2.71. The summed E-state index contributed by atoms with van der Waals surface area (Å²) in [6.07, 6.45) is -4.92. The summed E-state index contributed by atoms with van der Waals surface area (Å²) in [5, 5.41) is 15.0. The number of aliphatic hydroxyl groups is 1. The van der Waals surface area contributed by atoms with Crippen molar-refractivity contribution in [3.8, 4) is 0 Å². The van der Waals surface area contributed by atoms with E-state index in [4.69, 9.17) is 11.6 Å². The van der Waals surface area contributed by atoms with E-state index < -0.39 is 18.2 Å². The van der Waals surface area contributed by atoms with Gasteiger partial charge < -0.3 is 5.11 Å². The maximum atomic E-state index is 12.1. The minimum absolute atomic E-state index is 0.0663. The van der Waals surface area contributed by atoms with Gasteiger partial charge in [0.05, 0.1) is 22.0 Å². The van der Waals surface area contributed by atoms with Crippen LogP contribution in [0.3, 0.4) is 0 Å². The first-order chi connectivity index (χ1) is 9.06. The fraction of sp³-hybridized carbons (Fsp3) is 0.769. The first-order valence-electron chi connectivity index (χ1n) is 6.56. The Bertz CT molecular complexity index is 455. The lowest BCUT2D eigenvalue weighted by molar-refractivity contribution is -0.137. The highest BCUT2D eigenvalue weighted by Gasteiger charge is 2.30. The lowest BCUT2D eigenvalue weighted by atomic mass is 9.93. The number of rotatable bonds is 6. The second-order valence-electron chi connectivity index (χ2n) is 5.30. The van der Waals surface area contributed by atoms with Crippen LogP contribution in [0.25, 0.3) is 0 Å². The molecule has 0 saturated carbocycles. The Kier molecular flexibility index (Phi) is 5.49. The molecule has 1 unspecified atom stereocenters. The molecule has 1 N–H and O–H groups in total. The molecule has 0 saturated heterocycles. The van der Waals surface area contributed by atoms with Gasteiger partial charge in [-0.2, -0.15) is 18.3 Å². The third kappa shape index (κ3) is 4.98. The maximum Gasteiger partial charge on any atom is 0.389 e. The predicted molar refractivity (Wildman–Crippen MR) is 71.9 cm³/mol. The van der Waals surface area contributed by atoms with Gasteiger partial charge in [0, 0.05) is 19.4 Å². The fourth-order valence-electron chi connectivity index (χ4n) is 2.16. The van der Waals surface area contributed by atoms with Crippen LogP contribution in [0.4, 0.5) is 13.2 Å². The molecular formula is C13H20ClF3N2O. The second-order valence-corrected chi connectivity index (χ2v) is 5.68. The third-order valence-electron chi connectivity index (χ3n) is 3.18. The molecule has 1 heterocycles. The van der Waals surface area contributed by atoms with E-state index >= 15 is 0 Å². The molecular weight excluding hydrogens is 293 g/mol. The first-order valence-corrected chi connectivity index (χ1v) is 6.94. The topological polar surface area (TPSA) is 38.0 Å². The third-order valence-corrected chi connectivity index (χ3v) is 3.67. The lowest BCUT2D eigenvalue weighted by Gasteiger charge is -2.24. The van der Waals surface area contributed by atoms with Gasteiger partial charge in [-0.15, -0.1) is 0 Å². The molecule has 0 radical (unpaired) electrons. The van der Waals surface area contributed by atoms with E-state index in [1.54, 1.807) is 11.6 Å². The molecule has 0 bridgehead atoms. The van der Waals surface area contributed by atoms with Crippen molar-refractivity contribution in [3.05, 3.63) is 16.4 Å². The van der Waals surface area contributed by atoms with Gasteiger partial charge >= 0.3 is 6.18 Å². The molecule has 0 aromatic carbocycles. The van der Waals surface area contributed by atoms with Crippen molar-refractivity contribution < 1.29 is 18.3 Å².